The van der Waals surface area contributed by atoms with Crippen LogP contribution in [0.25, 0.3) is 0 Å². The summed E-state index contributed by atoms with van der Waals surface area (Å²) in [5.74, 6) is 2.38. The summed E-state index contributed by atoms with van der Waals surface area (Å²) in [4.78, 5) is 13.0. The highest BCUT2D eigenvalue weighted by atomic mass is 32.2. The van der Waals surface area contributed by atoms with E-state index in [0.29, 0.717) is 18.8 Å². The number of hydrogen-bond donors (Lipinski definition) is 2. The summed E-state index contributed by atoms with van der Waals surface area (Å²) in [5, 5.41) is 6.56. The maximum absolute atomic E-state index is 12.8. The van der Waals surface area contributed by atoms with Crippen LogP contribution in [0, 0.1) is 24.7 Å². The molecule has 4 bridgehead atoms. The maximum atomic E-state index is 12.8. The lowest BCUT2D eigenvalue weighted by Gasteiger charge is -2.57. The quantitative estimate of drug-likeness (QED) is 0.657. The van der Waals surface area contributed by atoms with Gasteiger partial charge in [-0.25, -0.2) is 8.42 Å². The minimum atomic E-state index is -3.55. The first-order valence-corrected chi connectivity index (χ1v) is 12.8. The van der Waals surface area contributed by atoms with Gasteiger partial charge in [-0.2, -0.15) is 4.31 Å². The third-order valence-corrected chi connectivity index (χ3v) is 9.53. The Labute approximate surface area is 180 Å². The number of carbonyl (C=O) groups is 1. The van der Waals surface area contributed by atoms with Crippen molar-refractivity contribution in [1.29, 1.82) is 0 Å². The Balaban J connectivity index is 1.42. The third-order valence-electron chi connectivity index (χ3n) is 7.49. The first-order valence-electron chi connectivity index (χ1n) is 11.4. The van der Waals surface area contributed by atoms with Gasteiger partial charge in [0.15, 0.2) is 0 Å². The fourth-order valence-electron chi connectivity index (χ4n) is 6.40. The zero-order chi connectivity index (χ0) is 21.5. The van der Waals surface area contributed by atoms with E-state index in [4.69, 9.17) is 0 Å². The van der Waals surface area contributed by atoms with Crippen molar-refractivity contribution < 1.29 is 13.2 Å². The van der Waals surface area contributed by atoms with Crippen LogP contribution < -0.4 is 10.6 Å². The van der Waals surface area contributed by atoms with Gasteiger partial charge in [-0.1, -0.05) is 19.9 Å². The van der Waals surface area contributed by atoms with Crippen molar-refractivity contribution in [2.45, 2.75) is 69.7 Å². The lowest BCUT2D eigenvalue weighted by molar-refractivity contribution is -0.116. The first-order chi connectivity index (χ1) is 14.2. The second-order valence-electron chi connectivity index (χ2n) is 9.67. The van der Waals surface area contributed by atoms with Gasteiger partial charge in [-0.05, 0) is 80.9 Å². The van der Waals surface area contributed by atoms with Gasteiger partial charge in [0, 0.05) is 24.3 Å². The molecule has 166 valence electrons. The Kier molecular flexibility index (Phi) is 5.99. The van der Waals surface area contributed by atoms with Gasteiger partial charge >= 0.3 is 0 Å². The van der Waals surface area contributed by atoms with E-state index in [2.05, 4.69) is 10.6 Å². The van der Waals surface area contributed by atoms with Crippen molar-refractivity contribution >= 4 is 21.6 Å². The van der Waals surface area contributed by atoms with Crippen molar-refractivity contribution in [3.63, 3.8) is 0 Å². The topological polar surface area (TPSA) is 78.5 Å². The molecule has 7 heteroatoms. The van der Waals surface area contributed by atoms with Gasteiger partial charge in [0.2, 0.25) is 15.9 Å². The van der Waals surface area contributed by atoms with E-state index in [1.807, 2.05) is 20.8 Å². The molecule has 1 aromatic carbocycles. The van der Waals surface area contributed by atoms with Crippen LogP contribution in [0.5, 0.6) is 0 Å². The van der Waals surface area contributed by atoms with Gasteiger partial charge in [0.1, 0.15) is 0 Å². The van der Waals surface area contributed by atoms with Crippen LogP contribution >= 0.6 is 0 Å². The molecule has 1 amide bonds. The lowest BCUT2D eigenvalue weighted by atomic mass is 9.53. The van der Waals surface area contributed by atoms with E-state index < -0.39 is 10.0 Å². The van der Waals surface area contributed by atoms with Crippen LogP contribution in [-0.4, -0.2) is 43.8 Å². The molecule has 0 spiro atoms. The van der Waals surface area contributed by atoms with Crippen molar-refractivity contribution in [2.75, 3.05) is 25.0 Å². The molecule has 0 heterocycles. The molecule has 4 aliphatic carbocycles. The molecule has 0 atom stereocenters. The van der Waals surface area contributed by atoms with Gasteiger partial charge < -0.3 is 10.6 Å². The molecule has 6 nitrogen and oxygen atoms in total. The van der Waals surface area contributed by atoms with E-state index in [9.17, 15) is 13.2 Å². The van der Waals surface area contributed by atoms with Crippen LogP contribution in [0.2, 0.25) is 0 Å². The highest BCUT2D eigenvalue weighted by molar-refractivity contribution is 7.89. The highest BCUT2D eigenvalue weighted by Crippen LogP contribution is 2.55. The Bertz CT molecular complexity index is 873. The van der Waals surface area contributed by atoms with Crippen molar-refractivity contribution in [3.8, 4) is 0 Å². The number of amides is 1. The van der Waals surface area contributed by atoms with E-state index in [-0.39, 0.29) is 22.9 Å². The Morgan fingerprint density at radius 2 is 1.63 bits per heavy atom. The molecule has 4 aliphatic rings. The predicted octanol–water partition coefficient (Wildman–Crippen LogP) is 3.52. The maximum Gasteiger partial charge on any atom is 0.243 e. The smallest absolute Gasteiger partial charge is 0.243 e. The van der Waals surface area contributed by atoms with Gasteiger partial charge in [0.05, 0.1) is 11.4 Å². The van der Waals surface area contributed by atoms with E-state index in [0.717, 1.165) is 23.3 Å². The summed E-state index contributed by atoms with van der Waals surface area (Å²) >= 11 is 0. The van der Waals surface area contributed by atoms with Crippen LogP contribution in [0.1, 0.15) is 57.9 Å². The van der Waals surface area contributed by atoms with Gasteiger partial charge in [0.25, 0.3) is 0 Å². The Morgan fingerprint density at radius 1 is 1.07 bits per heavy atom. The van der Waals surface area contributed by atoms with Gasteiger partial charge in [-0.15, -0.1) is 0 Å². The van der Waals surface area contributed by atoms with Crippen molar-refractivity contribution in [3.05, 3.63) is 23.8 Å². The second kappa shape index (κ2) is 8.24. The van der Waals surface area contributed by atoms with Crippen molar-refractivity contribution in [1.82, 2.24) is 9.62 Å². The number of carbonyl (C=O) groups excluding carboxylic acids is 1. The average molecular weight is 434 g/mol. The fraction of sp³-hybridized carbons (Fsp3) is 0.696. The van der Waals surface area contributed by atoms with E-state index in [1.165, 1.54) is 42.8 Å². The molecular formula is C23H35N3O3S. The average Bonchev–Trinajstić information content (AvgIpc) is 2.68. The van der Waals surface area contributed by atoms with Crippen LogP contribution in [-0.2, 0) is 14.8 Å². The zero-order valence-corrected chi connectivity index (χ0v) is 19.2. The number of benzene rings is 1. The largest absolute Gasteiger partial charge is 0.325 e. The molecule has 0 aromatic heterocycles. The summed E-state index contributed by atoms with van der Waals surface area (Å²) in [6.45, 7) is 6.66. The summed E-state index contributed by atoms with van der Waals surface area (Å²) in [5.41, 5.74) is 1.56. The standard InChI is InChI=1S/C23H35N3O3S/c1-4-26(5-2)30(28,29)20-7-6-16(3)21(11-20)25-22(27)15-24-23-12-17-8-18(13-23)10-19(9-17)14-23/h6-7,11,17-19,24H,4-5,8-10,12-15H2,1-3H3,(H,25,27). The Hall–Kier alpha value is -1.44. The molecule has 0 radical (unpaired) electrons. The molecule has 5 rings (SSSR count). The number of anilines is 1. The van der Waals surface area contributed by atoms with E-state index >= 15 is 0 Å². The fourth-order valence-corrected chi connectivity index (χ4v) is 7.88. The molecule has 0 aliphatic heterocycles. The van der Waals surface area contributed by atoms with E-state index in [1.54, 1.807) is 18.2 Å². The molecule has 4 fully saturated rings. The number of nitrogens with one attached hydrogen (secondary N) is 2. The predicted molar refractivity (Wildman–Crippen MR) is 119 cm³/mol. The van der Waals surface area contributed by atoms with Gasteiger partial charge in [-0.3, -0.25) is 4.79 Å². The first kappa shape index (κ1) is 21.8. The zero-order valence-electron chi connectivity index (χ0n) is 18.4. The number of nitrogens with zero attached hydrogens (tertiary/aromatic N) is 1. The minimum Gasteiger partial charge on any atom is -0.325 e. The molecule has 4 saturated carbocycles. The number of hydrogen-bond acceptors (Lipinski definition) is 4. The lowest BCUT2D eigenvalue weighted by Crippen LogP contribution is -2.59. The minimum absolute atomic E-state index is 0.105. The SMILES string of the molecule is CCN(CC)S(=O)(=O)c1ccc(C)c(NC(=O)CNC23CC4CC(CC(C4)C2)C3)c1. The molecule has 0 unspecified atom stereocenters. The molecule has 1 aromatic rings. The monoisotopic (exact) mass is 433 g/mol. The highest BCUT2D eigenvalue weighted by Gasteiger charge is 2.50. The molecule has 2 N–H and O–H groups in total. The van der Waals surface area contributed by atoms with Crippen LogP contribution in [0.3, 0.4) is 0 Å². The summed E-state index contributed by atoms with van der Waals surface area (Å²) < 4.78 is 27.1. The molecular weight excluding hydrogens is 398 g/mol. The molecule has 0 saturated heterocycles. The number of rotatable bonds is 8. The summed E-state index contributed by atoms with van der Waals surface area (Å²) in [7, 11) is -3.55. The third kappa shape index (κ3) is 4.16. The van der Waals surface area contributed by atoms with Crippen molar-refractivity contribution in [2.24, 2.45) is 17.8 Å². The summed E-state index contributed by atoms with van der Waals surface area (Å²) in [6.07, 6.45) is 7.72. The second-order valence-corrected chi connectivity index (χ2v) is 11.6. The number of aryl methyl sites for hydroxylation is 1. The molecule has 30 heavy (non-hydrogen) atoms. The Morgan fingerprint density at radius 3 is 2.17 bits per heavy atom. The number of sulfonamides is 1. The summed E-state index contributed by atoms with van der Waals surface area (Å²) in [6, 6.07) is 4.97. The normalized spacial score (nSPS) is 30.1. The van der Waals surface area contributed by atoms with Crippen LogP contribution in [0.4, 0.5) is 5.69 Å². The van der Waals surface area contributed by atoms with Crippen LogP contribution in [0.15, 0.2) is 23.1 Å².